The second kappa shape index (κ2) is 9.59. The standard InChI is InChI=1S/C15H26N2O2/c1-2-3-9-14(18)17-12-15(19)16-11-10-13-7-5-4-6-8-13/h7H,2-6,8-12H2,1H3,(H,16,19)(H,17,18). The lowest BCUT2D eigenvalue weighted by molar-refractivity contribution is -0.126. The topological polar surface area (TPSA) is 58.2 Å². The summed E-state index contributed by atoms with van der Waals surface area (Å²) in [6, 6.07) is 0. The third-order valence-corrected chi connectivity index (χ3v) is 3.36. The number of unbranched alkanes of at least 4 members (excludes halogenated alkanes) is 1. The number of hydrogen-bond acceptors (Lipinski definition) is 2. The molecular formula is C15H26N2O2. The van der Waals surface area contributed by atoms with Crippen LogP contribution in [0.15, 0.2) is 11.6 Å². The highest BCUT2D eigenvalue weighted by Crippen LogP contribution is 2.19. The lowest BCUT2D eigenvalue weighted by Gasteiger charge is -2.13. The Morgan fingerprint density at radius 2 is 2.05 bits per heavy atom. The maximum atomic E-state index is 11.5. The largest absolute Gasteiger partial charge is 0.354 e. The van der Waals surface area contributed by atoms with Crippen LogP contribution >= 0.6 is 0 Å². The van der Waals surface area contributed by atoms with E-state index in [2.05, 4.69) is 16.7 Å². The summed E-state index contributed by atoms with van der Waals surface area (Å²) in [5.41, 5.74) is 1.46. The number of amides is 2. The predicted octanol–water partition coefficient (Wildman–Crippen LogP) is 2.30. The van der Waals surface area contributed by atoms with E-state index in [0.717, 1.165) is 19.3 Å². The number of nitrogens with one attached hydrogen (secondary N) is 2. The first kappa shape index (κ1) is 15.7. The normalized spacial score (nSPS) is 14.7. The van der Waals surface area contributed by atoms with Crippen LogP contribution < -0.4 is 10.6 Å². The van der Waals surface area contributed by atoms with Crippen molar-refractivity contribution >= 4 is 11.8 Å². The number of hydrogen-bond donors (Lipinski definition) is 2. The lowest BCUT2D eigenvalue weighted by Crippen LogP contribution is -2.37. The van der Waals surface area contributed by atoms with Crippen molar-refractivity contribution in [3.05, 3.63) is 11.6 Å². The Labute approximate surface area is 116 Å². The first-order chi connectivity index (χ1) is 9.22. The van der Waals surface area contributed by atoms with Crippen molar-refractivity contribution in [1.29, 1.82) is 0 Å². The maximum absolute atomic E-state index is 11.5. The van der Waals surface area contributed by atoms with E-state index in [0.29, 0.717) is 13.0 Å². The third-order valence-electron chi connectivity index (χ3n) is 3.36. The highest BCUT2D eigenvalue weighted by Gasteiger charge is 2.06. The van der Waals surface area contributed by atoms with Gasteiger partial charge in [-0.15, -0.1) is 0 Å². The Morgan fingerprint density at radius 3 is 2.74 bits per heavy atom. The first-order valence-electron chi connectivity index (χ1n) is 7.43. The van der Waals surface area contributed by atoms with Gasteiger partial charge in [0.25, 0.3) is 0 Å². The summed E-state index contributed by atoms with van der Waals surface area (Å²) < 4.78 is 0. The summed E-state index contributed by atoms with van der Waals surface area (Å²) in [7, 11) is 0. The highest BCUT2D eigenvalue weighted by atomic mass is 16.2. The van der Waals surface area contributed by atoms with Crippen molar-refractivity contribution in [2.45, 2.75) is 58.3 Å². The zero-order valence-corrected chi connectivity index (χ0v) is 12.0. The number of carbonyl (C=O) groups is 2. The zero-order chi connectivity index (χ0) is 13.9. The molecule has 19 heavy (non-hydrogen) atoms. The smallest absolute Gasteiger partial charge is 0.239 e. The molecule has 0 unspecified atom stereocenters. The van der Waals surface area contributed by atoms with Crippen LogP contribution in [0, 0.1) is 0 Å². The Hall–Kier alpha value is -1.32. The van der Waals surface area contributed by atoms with Gasteiger partial charge in [0.05, 0.1) is 6.54 Å². The predicted molar refractivity (Wildman–Crippen MR) is 76.7 cm³/mol. The molecule has 0 atom stereocenters. The van der Waals surface area contributed by atoms with E-state index in [9.17, 15) is 9.59 Å². The molecule has 4 heteroatoms. The van der Waals surface area contributed by atoms with E-state index in [4.69, 9.17) is 0 Å². The SMILES string of the molecule is CCCCC(=O)NCC(=O)NCCC1=CCCCC1. The molecule has 2 amide bonds. The summed E-state index contributed by atoms with van der Waals surface area (Å²) in [6.07, 6.45) is 10.5. The van der Waals surface area contributed by atoms with Gasteiger partial charge in [0, 0.05) is 13.0 Å². The molecule has 0 bridgehead atoms. The van der Waals surface area contributed by atoms with Gasteiger partial charge in [-0.3, -0.25) is 9.59 Å². The number of carbonyl (C=O) groups excluding carboxylic acids is 2. The summed E-state index contributed by atoms with van der Waals surface area (Å²) in [5, 5.41) is 5.49. The van der Waals surface area contributed by atoms with Crippen LogP contribution in [-0.4, -0.2) is 24.9 Å². The lowest BCUT2D eigenvalue weighted by atomic mass is 9.97. The van der Waals surface area contributed by atoms with E-state index < -0.39 is 0 Å². The van der Waals surface area contributed by atoms with Gasteiger partial charge in [-0.05, 0) is 38.5 Å². The van der Waals surface area contributed by atoms with Crippen LogP contribution in [0.1, 0.15) is 58.3 Å². The van der Waals surface area contributed by atoms with Crippen LogP contribution in [0.5, 0.6) is 0 Å². The monoisotopic (exact) mass is 266 g/mol. The Morgan fingerprint density at radius 1 is 1.21 bits per heavy atom. The second-order valence-electron chi connectivity index (χ2n) is 5.09. The molecule has 1 rings (SSSR count). The minimum Gasteiger partial charge on any atom is -0.354 e. The summed E-state index contributed by atoms with van der Waals surface area (Å²) >= 11 is 0. The molecule has 1 aliphatic rings. The average molecular weight is 266 g/mol. The third kappa shape index (κ3) is 7.65. The summed E-state index contributed by atoms with van der Waals surface area (Å²) in [4.78, 5) is 22.8. The average Bonchev–Trinajstić information content (AvgIpc) is 2.44. The van der Waals surface area contributed by atoms with Crippen molar-refractivity contribution in [3.63, 3.8) is 0 Å². The molecule has 4 nitrogen and oxygen atoms in total. The van der Waals surface area contributed by atoms with E-state index in [-0.39, 0.29) is 18.4 Å². The molecule has 0 aromatic carbocycles. The van der Waals surface area contributed by atoms with Gasteiger partial charge in [-0.1, -0.05) is 25.0 Å². The molecular weight excluding hydrogens is 240 g/mol. The van der Waals surface area contributed by atoms with Gasteiger partial charge < -0.3 is 10.6 Å². The molecule has 0 aliphatic heterocycles. The van der Waals surface area contributed by atoms with E-state index >= 15 is 0 Å². The molecule has 0 aromatic heterocycles. The Kier molecular flexibility index (Phi) is 7.94. The van der Waals surface area contributed by atoms with Crippen molar-refractivity contribution in [3.8, 4) is 0 Å². The fourth-order valence-electron chi connectivity index (χ4n) is 2.16. The molecule has 1 aliphatic carbocycles. The van der Waals surface area contributed by atoms with E-state index in [1.165, 1.54) is 31.3 Å². The van der Waals surface area contributed by atoms with Gasteiger partial charge in [0.1, 0.15) is 0 Å². The van der Waals surface area contributed by atoms with Gasteiger partial charge in [-0.2, -0.15) is 0 Å². The molecule has 0 aromatic rings. The minimum atomic E-state index is -0.0961. The maximum Gasteiger partial charge on any atom is 0.239 e. The molecule has 0 fully saturated rings. The Balaban J connectivity index is 2.04. The summed E-state index contributed by atoms with van der Waals surface area (Å²) in [6.45, 7) is 2.82. The number of allylic oxidation sites excluding steroid dienone is 1. The molecule has 0 heterocycles. The van der Waals surface area contributed by atoms with Crippen molar-refractivity contribution in [2.75, 3.05) is 13.1 Å². The van der Waals surface area contributed by atoms with Crippen LogP contribution in [0.25, 0.3) is 0 Å². The van der Waals surface area contributed by atoms with Crippen LogP contribution in [-0.2, 0) is 9.59 Å². The quantitative estimate of drug-likeness (QED) is 0.662. The van der Waals surface area contributed by atoms with Gasteiger partial charge in [0.15, 0.2) is 0 Å². The van der Waals surface area contributed by atoms with E-state index in [1.807, 2.05) is 6.92 Å². The molecule has 0 radical (unpaired) electrons. The fraction of sp³-hybridized carbons (Fsp3) is 0.733. The molecule has 0 saturated carbocycles. The van der Waals surface area contributed by atoms with Crippen molar-refractivity contribution in [2.24, 2.45) is 0 Å². The van der Waals surface area contributed by atoms with Gasteiger partial charge >= 0.3 is 0 Å². The fourth-order valence-corrected chi connectivity index (χ4v) is 2.16. The molecule has 0 saturated heterocycles. The number of rotatable bonds is 8. The second-order valence-corrected chi connectivity index (χ2v) is 5.09. The Bertz CT molecular complexity index is 324. The van der Waals surface area contributed by atoms with Crippen molar-refractivity contribution in [1.82, 2.24) is 10.6 Å². The molecule has 108 valence electrons. The highest BCUT2D eigenvalue weighted by molar-refractivity contribution is 5.84. The molecule has 2 N–H and O–H groups in total. The summed E-state index contributed by atoms with van der Waals surface area (Å²) in [5.74, 6) is -0.131. The van der Waals surface area contributed by atoms with Crippen molar-refractivity contribution < 1.29 is 9.59 Å². The zero-order valence-electron chi connectivity index (χ0n) is 12.0. The van der Waals surface area contributed by atoms with Crippen LogP contribution in [0.2, 0.25) is 0 Å². The van der Waals surface area contributed by atoms with E-state index in [1.54, 1.807) is 0 Å². The van der Waals surface area contributed by atoms with Crippen LogP contribution in [0.4, 0.5) is 0 Å². The first-order valence-corrected chi connectivity index (χ1v) is 7.43. The van der Waals surface area contributed by atoms with Gasteiger partial charge in [0.2, 0.25) is 11.8 Å². The minimum absolute atomic E-state index is 0.0352. The molecule has 0 spiro atoms. The van der Waals surface area contributed by atoms with Gasteiger partial charge in [-0.25, -0.2) is 0 Å². The van der Waals surface area contributed by atoms with Crippen LogP contribution in [0.3, 0.4) is 0 Å².